The van der Waals surface area contributed by atoms with Gasteiger partial charge in [-0.25, -0.2) is 0 Å². The Bertz CT molecular complexity index is 493. The number of benzene rings is 1. The lowest BCUT2D eigenvalue weighted by Crippen LogP contribution is -2.41. The minimum absolute atomic E-state index is 0.163. The van der Waals surface area contributed by atoms with Gasteiger partial charge in [-0.05, 0) is 62.9 Å². The summed E-state index contributed by atoms with van der Waals surface area (Å²) in [5, 5.41) is 12.9. The molecule has 2 nitrogen and oxygen atoms in total. The molecule has 0 heterocycles. The van der Waals surface area contributed by atoms with Gasteiger partial charge in [0.05, 0.1) is 17.5 Å². The maximum absolute atomic E-state index is 9.52. The molecule has 96 valence electrons. The van der Waals surface area contributed by atoms with Crippen molar-refractivity contribution >= 4 is 0 Å². The van der Waals surface area contributed by atoms with Crippen LogP contribution in [0.25, 0.3) is 0 Å². The van der Waals surface area contributed by atoms with E-state index in [9.17, 15) is 5.26 Å². The Morgan fingerprint density at radius 1 is 1.22 bits per heavy atom. The lowest BCUT2D eigenvalue weighted by Gasteiger charge is -2.43. The summed E-state index contributed by atoms with van der Waals surface area (Å²) >= 11 is 0. The number of hydrogen-bond acceptors (Lipinski definition) is 2. The largest absolute Gasteiger partial charge is 0.312 e. The molecule has 0 aromatic heterocycles. The maximum atomic E-state index is 9.52. The smallest absolute Gasteiger partial charge is 0.0768 e. The highest BCUT2D eigenvalue weighted by atomic mass is 14.9. The summed E-state index contributed by atoms with van der Waals surface area (Å²) in [6.45, 7) is 6.48. The number of nitrogens with one attached hydrogen (secondary N) is 1. The van der Waals surface area contributed by atoms with E-state index in [1.807, 2.05) is 7.05 Å². The molecule has 1 saturated carbocycles. The quantitative estimate of drug-likeness (QED) is 0.879. The third kappa shape index (κ3) is 1.83. The molecule has 1 aliphatic carbocycles. The molecule has 0 aliphatic heterocycles. The normalized spacial score (nSPS) is 18.8. The first-order chi connectivity index (χ1) is 8.55. The van der Waals surface area contributed by atoms with Crippen LogP contribution in [-0.2, 0) is 0 Å². The molecule has 0 saturated heterocycles. The van der Waals surface area contributed by atoms with Gasteiger partial charge in [-0.1, -0.05) is 18.6 Å². The van der Waals surface area contributed by atoms with Gasteiger partial charge in [0, 0.05) is 0 Å². The molecule has 1 atom stereocenters. The average molecular weight is 242 g/mol. The van der Waals surface area contributed by atoms with Crippen LogP contribution >= 0.6 is 0 Å². The zero-order chi connectivity index (χ0) is 13.3. The highest BCUT2D eigenvalue weighted by Crippen LogP contribution is 2.50. The van der Waals surface area contributed by atoms with Crippen LogP contribution in [0.5, 0.6) is 0 Å². The second kappa shape index (κ2) is 4.74. The van der Waals surface area contributed by atoms with E-state index in [1.54, 1.807) is 0 Å². The van der Waals surface area contributed by atoms with Crippen LogP contribution in [-0.4, -0.2) is 7.05 Å². The van der Waals surface area contributed by atoms with E-state index in [0.29, 0.717) is 0 Å². The third-order valence-corrected chi connectivity index (χ3v) is 4.72. The van der Waals surface area contributed by atoms with Crippen molar-refractivity contribution in [2.45, 2.75) is 46.1 Å². The standard InChI is InChI=1S/C16H22N2/c1-11-6-7-14(13(3)12(11)2)15(18-4)16(10-17)8-5-9-16/h6-7,15,18H,5,8-9H2,1-4H3. The Balaban J connectivity index is 2.46. The van der Waals surface area contributed by atoms with E-state index >= 15 is 0 Å². The summed E-state index contributed by atoms with van der Waals surface area (Å²) in [4.78, 5) is 0. The average Bonchev–Trinajstić information content (AvgIpc) is 2.32. The number of nitrogens with zero attached hydrogens (tertiary/aromatic N) is 1. The minimum Gasteiger partial charge on any atom is -0.312 e. The molecule has 18 heavy (non-hydrogen) atoms. The van der Waals surface area contributed by atoms with Gasteiger partial charge in [0.1, 0.15) is 0 Å². The van der Waals surface area contributed by atoms with Crippen LogP contribution in [0.4, 0.5) is 0 Å². The van der Waals surface area contributed by atoms with E-state index in [-0.39, 0.29) is 11.5 Å². The second-order valence-corrected chi connectivity index (χ2v) is 5.56. The fourth-order valence-corrected chi connectivity index (χ4v) is 3.04. The van der Waals surface area contributed by atoms with Crippen LogP contribution in [0.2, 0.25) is 0 Å². The monoisotopic (exact) mass is 242 g/mol. The molecule has 1 fully saturated rings. The fourth-order valence-electron chi connectivity index (χ4n) is 3.04. The minimum atomic E-state index is -0.193. The lowest BCUT2D eigenvalue weighted by molar-refractivity contribution is 0.148. The maximum Gasteiger partial charge on any atom is 0.0768 e. The summed E-state index contributed by atoms with van der Waals surface area (Å²) in [6, 6.07) is 7.09. The molecule has 0 amide bonds. The highest BCUT2D eigenvalue weighted by molar-refractivity contribution is 5.42. The van der Waals surface area contributed by atoms with E-state index < -0.39 is 0 Å². The summed E-state index contributed by atoms with van der Waals surface area (Å²) in [6.07, 6.45) is 3.21. The van der Waals surface area contributed by atoms with E-state index in [0.717, 1.165) is 12.8 Å². The summed E-state index contributed by atoms with van der Waals surface area (Å²) in [5.74, 6) is 0. The molecule has 1 aromatic carbocycles. The number of nitriles is 1. The first-order valence-corrected chi connectivity index (χ1v) is 6.71. The van der Waals surface area contributed by atoms with Crippen molar-refractivity contribution in [1.29, 1.82) is 5.26 Å². The Kier molecular flexibility index (Phi) is 3.45. The second-order valence-electron chi connectivity index (χ2n) is 5.56. The van der Waals surface area contributed by atoms with Gasteiger partial charge in [-0.3, -0.25) is 0 Å². The van der Waals surface area contributed by atoms with Crippen molar-refractivity contribution in [2.75, 3.05) is 7.05 Å². The van der Waals surface area contributed by atoms with Crippen molar-refractivity contribution in [2.24, 2.45) is 5.41 Å². The van der Waals surface area contributed by atoms with Gasteiger partial charge in [-0.2, -0.15) is 5.26 Å². The third-order valence-electron chi connectivity index (χ3n) is 4.72. The molecular weight excluding hydrogens is 220 g/mol. The Labute approximate surface area is 110 Å². The van der Waals surface area contributed by atoms with Gasteiger partial charge < -0.3 is 5.32 Å². The van der Waals surface area contributed by atoms with E-state index in [4.69, 9.17) is 0 Å². The van der Waals surface area contributed by atoms with Crippen LogP contribution < -0.4 is 5.32 Å². The summed E-state index contributed by atoms with van der Waals surface area (Å²) in [5.41, 5.74) is 5.10. The van der Waals surface area contributed by atoms with Crippen LogP contribution in [0, 0.1) is 37.5 Å². The van der Waals surface area contributed by atoms with E-state index in [1.165, 1.54) is 28.7 Å². The number of rotatable bonds is 3. The van der Waals surface area contributed by atoms with Crippen molar-refractivity contribution in [1.82, 2.24) is 5.32 Å². The fraction of sp³-hybridized carbons (Fsp3) is 0.562. The molecule has 1 unspecified atom stereocenters. The van der Waals surface area contributed by atoms with Crippen LogP contribution in [0.15, 0.2) is 12.1 Å². The Hall–Kier alpha value is -1.33. The number of hydrogen-bond donors (Lipinski definition) is 1. The molecule has 2 heteroatoms. The van der Waals surface area contributed by atoms with E-state index in [2.05, 4.69) is 44.3 Å². The predicted molar refractivity (Wildman–Crippen MR) is 74.4 cm³/mol. The molecule has 1 aliphatic rings. The van der Waals surface area contributed by atoms with Crippen LogP contribution in [0.3, 0.4) is 0 Å². The van der Waals surface area contributed by atoms with Gasteiger partial charge in [0.2, 0.25) is 0 Å². The molecule has 1 N–H and O–H groups in total. The Morgan fingerprint density at radius 2 is 1.89 bits per heavy atom. The number of aryl methyl sites for hydroxylation is 1. The van der Waals surface area contributed by atoms with Gasteiger partial charge in [0.15, 0.2) is 0 Å². The van der Waals surface area contributed by atoms with Crippen molar-refractivity contribution in [3.63, 3.8) is 0 Å². The van der Waals surface area contributed by atoms with Crippen molar-refractivity contribution < 1.29 is 0 Å². The predicted octanol–water partition coefficient (Wildman–Crippen LogP) is 3.57. The van der Waals surface area contributed by atoms with Crippen molar-refractivity contribution in [3.05, 3.63) is 34.4 Å². The lowest BCUT2D eigenvalue weighted by atomic mass is 9.63. The van der Waals surface area contributed by atoms with Gasteiger partial charge in [-0.15, -0.1) is 0 Å². The van der Waals surface area contributed by atoms with Crippen LogP contribution in [0.1, 0.15) is 47.6 Å². The molecule has 0 bridgehead atoms. The topological polar surface area (TPSA) is 35.8 Å². The molecular formula is C16H22N2. The van der Waals surface area contributed by atoms with Gasteiger partial charge >= 0.3 is 0 Å². The molecule has 2 rings (SSSR count). The zero-order valence-electron chi connectivity index (χ0n) is 11.8. The summed E-state index contributed by atoms with van der Waals surface area (Å²) < 4.78 is 0. The molecule has 0 spiro atoms. The SMILES string of the molecule is CNC(c1ccc(C)c(C)c1C)C1(C#N)CCC1. The summed E-state index contributed by atoms with van der Waals surface area (Å²) in [7, 11) is 1.97. The zero-order valence-corrected chi connectivity index (χ0v) is 11.8. The van der Waals surface area contributed by atoms with Gasteiger partial charge in [0.25, 0.3) is 0 Å². The first-order valence-electron chi connectivity index (χ1n) is 6.71. The first kappa shape index (κ1) is 13.1. The Morgan fingerprint density at radius 3 is 2.33 bits per heavy atom. The highest BCUT2D eigenvalue weighted by Gasteiger charge is 2.45. The molecule has 0 radical (unpaired) electrons. The molecule has 1 aromatic rings. The van der Waals surface area contributed by atoms with Crippen molar-refractivity contribution in [3.8, 4) is 6.07 Å².